The minimum Gasteiger partial charge on any atom is -0.324 e. The van der Waals surface area contributed by atoms with Crippen LogP contribution in [-0.2, 0) is 11.0 Å². The Balaban J connectivity index is 2.97. The lowest BCUT2D eigenvalue weighted by Gasteiger charge is -2.23. The first-order valence-electron chi connectivity index (χ1n) is 6.05. The number of rotatable bonds is 4. The van der Waals surface area contributed by atoms with Crippen molar-refractivity contribution in [3.63, 3.8) is 0 Å². The minimum absolute atomic E-state index is 0.0134. The summed E-state index contributed by atoms with van der Waals surface area (Å²) in [6, 6.07) is 3.19. The van der Waals surface area contributed by atoms with Crippen LogP contribution < -0.4 is 11.1 Å². The molecule has 0 aliphatic carbocycles. The maximum absolute atomic E-state index is 12.7. The van der Waals surface area contributed by atoms with Crippen LogP contribution in [0.3, 0.4) is 0 Å². The molecule has 0 fully saturated rings. The zero-order chi connectivity index (χ0) is 15.6. The molecule has 7 heteroatoms. The molecule has 0 aliphatic rings. The van der Waals surface area contributed by atoms with E-state index in [4.69, 9.17) is 17.3 Å². The van der Waals surface area contributed by atoms with Crippen molar-refractivity contribution in [3.05, 3.63) is 28.8 Å². The summed E-state index contributed by atoms with van der Waals surface area (Å²) >= 11 is 5.50. The van der Waals surface area contributed by atoms with E-state index in [1.165, 1.54) is 13.0 Å². The highest BCUT2D eigenvalue weighted by Gasteiger charge is 2.34. The third-order valence-corrected chi connectivity index (χ3v) is 3.15. The average molecular weight is 309 g/mol. The molecule has 3 N–H and O–H groups in total. The Hall–Kier alpha value is -1.27. The molecular formula is C13H16ClF3N2O. The van der Waals surface area contributed by atoms with E-state index in [1.54, 1.807) is 0 Å². The van der Waals surface area contributed by atoms with Crippen LogP contribution in [0.2, 0.25) is 5.02 Å². The number of anilines is 1. The molecule has 0 aromatic heterocycles. The van der Waals surface area contributed by atoms with Crippen molar-refractivity contribution in [1.82, 2.24) is 0 Å². The zero-order valence-electron chi connectivity index (χ0n) is 11.1. The second-order valence-electron chi connectivity index (χ2n) is 4.81. The Morgan fingerprint density at radius 1 is 1.40 bits per heavy atom. The van der Waals surface area contributed by atoms with Crippen molar-refractivity contribution in [2.45, 2.75) is 38.4 Å². The molecule has 1 aromatic carbocycles. The van der Waals surface area contributed by atoms with Gasteiger partial charge >= 0.3 is 6.18 Å². The molecule has 0 saturated carbocycles. The van der Waals surface area contributed by atoms with Crippen LogP contribution in [0.4, 0.5) is 18.9 Å². The standard InChI is InChI=1S/C13H16ClF3N2O/c1-3-6-12(2,18)11(20)19-8-4-5-10(14)9(7-8)13(15,16)17/h4-5,7H,3,6,18H2,1-2H3,(H,19,20). The number of halogens is 4. The van der Waals surface area contributed by atoms with E-state index >= 15 is 0 Å². The van der Waals surface area contributed by atoms with E-state index in [0.29, 0.717) is 12.8 Å². The van der Waals surface area contributed by atoms with Gasteiger partial charge in [-0.2, -0.15) is 13.2 Å². The van der Waals surface area contributed by atoms with Crippen LogP contribution in [0.25, 0.3) is 0 Å². The fourth-order valence-electron chi connectivity index (χ4n) is 1.73. The van der Waals surface area contributed by atoms with Gasteiger partial charge in [-0.15, -0.1) is 0 Å². The van der Waals surface area contributed by atoms with Gasteiger partial charge in [-0.3, -0.25) is 4.79 Å². The van der Waals surface area contributed by atoms with E-state index in [9.17, 15) is 18.0 Å². The van der Waals surface area contributed by atoms with Crippen molar-refractivity contribution >= 4 is 23.2 Å². The number of nitrogens with two attached hydrogens (primary N) is 1. The van der Waals surface area contributed by atoms with E-state index < -0.39 is 28.2 Å². The monoisotopic (exact) mass is 308 g/mol. The molecule has 112 valence electrons. The van der Waals surface area contributed by atoms with Crippen molar-refractivity contribution < 1.29 is 18.0 Å². The maximum Gasteiger partial charge on any atom is 0.417 e. The number of amides is 1. The maximum atomic E-state index is 12.7. The molecule has 0 bridgehead atoms. The number of alkyl halides is 3. The molecule has 0 aliphatic heterocycles. The Labute approximate surface area is 120 Å². The summed E-state index contributed by atoms with van der Waals surface area (Å²) in [5.74, 6) is -0.533. The van der Waals surface area contributed by atoms with Crippen LogP contribution in [0.5, 0.6) is 0 Å². The van der Waals surface area contributed by atoms with Gasteiger partial charge in [0.05, 0.1) is 16.1 Å². The van der Waals surface area contributed by atoms with Gasteiger partial charge < -0.3 is 11.1 Å². The number of hydrogen-bond acceptors (Lipinski definition) is 2. The third-order valence-electron chi connectivity index (χ3n) is 2.82. The first kappa shape index (κ1) is 16.8. The molecule has 1 rings (SSSR count). The SMILES string of the molecule is CCCC(C)(N)C(=O)Nc1ccc(Cl)c(C(F)(F)F)c1. The first-order chi connectivity index (χ1) is 9.08. The van der Waals surface area contributed by atoms with Crippen LogP contribution in [0.1, 0.15) is 32.3 Å². The number of benzene rings is 1. The van der Waals surface area contributed by atoms with Crippen molar-refractivity contribution in [2.24, 2.45) is 5.73 Å². The van der Waals surface area contributed by atoms with Crippen LogP contribution in [-0.4, -0.2) is 11.4 Å². The van der Waals surface area contributed by atoms with Gasteiger partial charge in [0.2, 0.25) is 5.91 Å². The molecule has 1 amide bonds. The quantitative estimate of drug-likeness (QED) is 0.888. The third kappa shape index (κ3) is 4.11. The highest BCUT2D eigenvalue weighted by molar-refractivity contribution is 6.31. The lowest BCUT2D eigenvalue weighted by molar-refractivity contribution is -0.137. The number of nitrogens with one attached hydrogen (secondary N) is 1. The van der Waals surface area contributed by atoms with E-state index in [-0.39, 0.29) is 5.69 Å². The van der Waals surface area contributed by atoms with Gasteiger partial charge in [-0.05, 0) is 31.5 Å². The van der Waals surface area contributed by atoms with Gasteiger partial charge in [0.1, 0.15) is 0 Å². The molecule has 1 unspecified atom stereocenters. The minimum atomic E-state index is -4.58. The lowest BCUT2D eigenvalue weighted by atomic mass is 9.96. The number of carbonyl (C=O) groups excluding carboxylic acids is 1. The molecule has 0 spiro atoms. The molecule has 0 heterocycles. The summed E-state index contributed by atoms with van der Waals surface area (Å²) in [5, 5.41) is 1.97. The second kappa shape index (κ2) is 6.01. The molecule has 0 saturated heterocycles. The van der Waals surface area contributed by atoms with E-state index in [2.05, 4.69) is 5.32 Å². The average Bonchev–Trinajstić information content (AvgIpc) is 2.30. The Morgan fingerprint density at radius 2 is 2.00 bits per heavy atom. The first-order valence-corrected chi connectivity index (χ1v) is 6.43. The summed E-state index contributed by atoms with van der Waals surface area (Å²) in [6.07, 6.45) is -3.46. The molecule has 0 radical (unpaired) electrons. The van der Waals surface area contributed by atoms with Crippen molar-refractivity contribution in [3.8, 4) is 0 Å². The van der Waals surface area contributed by atoms with Gasteiger partial charge in [-0.25, -0.2) is 0 Å². The van der Waals surface area contributed by atoms with Crippen molar-refractivity contribution in [2.75, 3.05) is 5.32 Å². The number of carbonyl (C=O) groups is 1. The summed E-state index contributed by atoms with van der Waals surface area (Å²) in [6.45, 7) is 3.40. The normalized spacial score (nSPS) is 14.8. The topological polar surface area (TPSA) is 55.1 Å². The largest absolute Gasteiger partial charge is 0.417 e. The van der Waals surface area contributed by atoms with Crippen molar-refractivity contribution in [1.29, 1.82) is 0 Å². The predicted molar refractivity (Wildman–Crippen MR) is 72.6 cm³/mol. The van der Waals surface area contributed by atoms with Gasteiger partial charge in [0.25, 0.3) is 0 Å². The van der Waals surface area contributed by atoms with Gasteiger partial charge in [-0.1, -0.05) is 24.9 Å². The second-order valence-corrected chi connectivity index (χ2v) is 5.22. The zero-order valence-corrected chi connectivity index (χ0v) is 11.9. The summed E-state index contributed by atoms with van der Waals surface area (Å²) in [4.78, 5) is 11.9. The summed E-state index contributed by atoms with van der Waals surface area (Å²) in [5.41, 5.74) is 3.70. The Bertz CT molecular complexity index is 501. The van der Waals surface area contributed by atoms with Crippen LogP contribution in [0, 0.1) is 0 Å². The summed E-state index contributed by atoms with van der Waals surface area (Å²) < 4.78 is 38.1. The highest BCUT2D eigenvalue weighted by Crippen LogP contribution is 2.36. The Kier molecular flexibility index (Phi) is 5.05. The summed E-state index contributed by atoms with van der Waals surface area (Å²) in [7, 11) is 0. The molecule has 3 nitrogen and oxygen atoms in total. The fourth-order valence-corrected chi connectivity index (χ4v) is 1.95. The molecule has 1 atom stereocenters. The van der Waals surface area contributed by atoms with Gasteiger partial charge in [0.15, 0.2) is 0 Å². The van der Waals surface area contributed by atoms with Crippen LogP contribution >= 0.6 is 11.6 Å². The van der Waals surface area contributed by atoms with Gasteiger partial charge in [0, 0.05) is 5.69 Å². The predicted octanol–water partition coefficient (Wildman–Crippen LogP) is 3.81. The molecular weight excluding hydrogens is 293 g/mol. The fraction of sp³-hybridized carbons (Fsp3) is 0.462. The van der Waals surface area contributed by atoms with E-state index in [1.807, 2.05) is 6.92 Å². The lowest BCUT2D eigenvalue weighted by Crippen LogP contribution is -2.48. The van der Waals surface area contributed by atoms with E-state index in [0.717, 1.165) is 12.1 Å². The number of hydrogen-bond donors (Lipinski definition) is 2. The smallest absolute Gasteiger partial charge is 0.324 e. The molecule has 1 aromatic rings. The highest BCUT2D eigenvalue weighted by atomic mass is 35.5. The molecule has 20 heavy (non-hydrogen) atoms. The Morgan fingerprint density at radius 3 is 2.50 bits per heavy atom. The van der Waals surface area contributed by atoms with Crippen LogP contribution in [0.15, 0.2) is 18.2 Å².